The largest absolute Gasteiger partial charge is 0.395 e. The van der Waals surface area contributed by atoms with Crippen molar-refractivity contribution in [1.29, 1.82) is 0 Å². The van der Waals surface area contributed by atoms with Gasteiger partial charge in [-0.05, 0) is 25.5 Å². The first-order valence-corrected chi connectivity index (χ1v) is 6.01. The Labute approximate surface area is 102 Å². The van der Waals surface area contributed by atoms with Crippen LogP contribution in [0.25, 0.3) is 0 Å². The maximum Gasteiger partial charge on any atom is 0.130 e. The van der Waals surface area contributed by atoms with Gasteiger partial charge in [0.25, 0.3) is 0 Å². The molecular weight excluding hydrogens is 219 g/mol. The van der Waals surface area contributed by atoms with Gasteiger partial charge in [0.2, 0.25) is 0 Å². The summed E-state index contributed by atoms with van der Waals surface area (Å²) in [5, 5.41) is 9.06. The molecule has 0 unspecified atom stereocenters. The normalized spacial score (nSPS) is 12.5. The van der Waals surface area contributed by atoms with Gasteiger partial charge >= 0.3 is 0 Å². The highest BCUT2D eigenvalue weighted by atomic mass is 19.1. The highest BCUT2D eigenvalue weighted by Crippen LogP contribution is 2.27. The molecular formula is C13H21FN2O. The standard InChI is InChI=1S/C13H21FN2O/c1-3-7-16(8-9-17)12-6-4-5-11(14)13(12)10(2)15/h4-6,10,17H,3,7-9,15H2,1-2H3/t10-/m1/s1. The molecule has 3 N–H and O–H groups in total. The average Bonchev–Trinajstić information content (AvgIpc) is 2.28. The third-order valence-electron chi connectivity index (χ3n) is 2.69. The summed E-state index contributed by atoms with van der Waals surface area (Å²) in [5.41, 5.74) is 7.13. The SMILES string of the molecule is CCCN(CCO)c1cccc(F)c1[C@@H](C)N. The van der Waals surface area contributed by atoms with Crippen molar-refractivity contribution in [3.63, 3.8) is 0 Å². The van der Waals surface area contributed by atoms with Gasteiger partial charge in [-0.25, -0.2) is 4.39 Å². The topological polar surface area (TPSA) is 49.5 Å². The van der Waals surface area contributed by atoms with Crippen molar-refractivity contribution < 1.29 is 9.50 Å². The van der Waals surface area contributed by atoms with E-state index < -0.39 is 0 Å². The Kier molecular flexibility index (Phi) is 5.38. The summed E-state index contributed by atoms with van der Waals surface area (Å²) in [6, 6.07) is 4.60. The molecule has 4 heteroatoms. The predicted octanol–water partition coefficient (Wildman–Crippen LogP) is 2.05. The molecule has 0 amide bonds. The molecule has 17 heavy (non-hydrogen) atoms. The summed E-state index contributed by atoms with van der Waals surface area (Å²) >= 11 is 0. The van der Waals surface area contributed by atoms with E-state index in [-0.39, 0.29) is 18.5 Å². The van der Waals surface area contributed by atoms with Crippen molar-refractivity contribution >= 4 is 5.69 Å². The van der Waals surface area contributed by atoms with E-state index in [9.17, 15) is 4.39 Å². The molecule has 1 aromatic rings. The number of hydrogen-bond donors (Lipinski definition) is 2. The molecule has 1 atom stereocenters. The first-order valence-electron chi connectivity index (χ1n) is 6.01. The molecule has 0 aromatic heterocycles. The van der Waals surface area contributed by atoms with E-state index in [1.54, 1.807) is 13.0 Å². The molecule has 0 fully saturated rings. The van der Waals surface area contributed by atoms with E-state index >= 15 is 0 Å². The summed E-state index contributed by atoms with van der Waals surface area (Å²) in [6.07, 6.45) is 0.939. The number of benzene rings is 1. The van der Waals surface area contributed by atoms with Crippen molar-refractivity contribution in [2.45, 2.75) is 26.3 Å². The average molecular weight is 240 g/mol. The minimum atomic E-state index is -0.357. The summed E-state index contributed by atoms with van der Waals surface area (Å²) < 4.78 is 13.8. The molecule has 0 aliphatic heterocycles. The third-order valence-corrected chi connectivity index (χ3v) is 2.69. The molecule has 96 valence electrons. The van der Waals surface area contributed by atoms with E-state index in [2.05, 4.69) is 6.92 Å². The van der Waals surface area contributed by atoms with E-state index in [4.69, 9.17) is 10.8 Å². The van der Waals surface area contributed by atoms with Crippen LogP contribution in [-0.2, 0) is 0 Å². The van der Waals surface area contributed by atoms with Crippen molar-refractivity contribution in [3.05, 3.63) is 29.6 Å². The van der Waals surface area contributed by atoms with Gasteiger partial charge in [0.05, 0.1) is 6.61 Å². The Morgan fingerprint density at radius 3 is 2.65 bits per heavy atom. The third kappa shape index (κ3) is 3.41. The van der Waals surface area contributed by atoms with Crippen LogP contribution in [0.3, 0.4) is 0 Å². The van der Waals surface area contributed by atoms with Gasteiger partial charge in [-0.15, -0.1) is 0 Å². The van der Waals surface area contributed by atoms with Crippen LogP contribution in [0.2, 0.25) is 0 Å². The Morgan fingerprint density at radius 1 is 1.41 bits per heavy atom. The first-order chi connectivity index (χ1) is 8.11. The van der Waals surface area contributed by atoms with Crippen LogP contribution < -0.4 is 10.6 Å². The highest BCUT2D eigenvalue weighted by molar-refractivity contribution is 5.55. The number of anilines is 1. The van der Waals surface area contributed by atoms with Crippen molar-refractivity contribution in [2.24, 2.45) is 5.73 Å². The zero-order chi connectivity index (χ0) is 12.8. The molecule has 0 aliphatic carbocycles. The van der Waals surface area contributed by atoms with Crippen molar-refractivity contribution in [2.75, 3.05) is 24.6 Å². The van der Waals surface area contributed by atoms with Crippen LogP contribution in [0.1, 0.15) is 31.9 Å². The molecule has 0 heterocycles. The number of aliphatic hydroxyl groups excluding tert-OH is 1. The van der Waals surface area contributed by atoms with Gasteiger partial charge < -0.3 is 15.7 Å². The van der Waals surface area contributed by atoms with Crippen molar-refractivity contribution in [1.82, 2.24) is 0 Å². The lowest BCUT2D eigenvalue weighted by molar-refractivity contribution is 0.301. The molecule has 0 aliphatic rings. The first kappa shape index (κ1) is 13.9. The van der Waals surface area contributed by atoms with E-state index in [0.29, 0.717) is 12.1 Å². The zero-order valence-corrected chi connectivity index (χ0v) is 10.5. The molecule has 0 saturated heterocycles. The molecule has 1 aromatic carbocycles. The van der Waals surface area contributed by atoms with Crippen LogP contribution >= 0.6 is 0 Å². The van der Waals surface area contributed by atoms with Gasteiger partial charge in [-0.1, -0.05) is 13.0 Å². The quantitative estimate of drug-likeness (QED) is 0.800. The van der Waals surface area contributed by atoms with E-state index in [1.807, 2.05) is 11.0 Å². The Balaban J connectivity index is 3.12. The number of hydrogen-bond acceptors (Lipinski definition) is 3. The molecule has 1 rings (SSSR count). The summed E-state index contributed by atoms with van der Waals surface area (Å²) in [4.78, 5) is 1.97. The minimum Gasteiger partial charge on any atom is -0.395 e. The Morgan fingerprint density at radius 2 is 2.12 bits per heavy atom. The van der Waals surface area contributed by atoms with E-state index in [0.717, 1.165) is 18.7 Å². The van der Waals surface area contributed by atoms with Crippen LogP contribution in [0.4, 0.5) is 10.1 Å². The second kappa shape index (κ2) is 6.57. The fourth-order valence-electron chi connectivity index (χ4n) is 2.00. The molecule has 0 saturated carbocycles. The van der Waals surface area contributed by atoms with Gasteiger partial charge in [-0.2, -0.15) is 0 Å². The summed E-state index contributed by atoms with van der Waals surface area (Å²) in [5.74, 6) is -0.281. The van der Waals surface area contributed by atoms with Gasteiger partial charge in [0.15, 0.2) is 0 Å². The Bertz CT molecular complexity index is 349. The van der Waals surface area contributed by atoms with Gasteiger partial charge in [-0.3, -0.25) is 0 Å². The lowest BCUT2D eigenvalue weighted by atomic mass is 10.0. The molecule has 0 bridgehead atoms. The maximum atomic E-state index is 13.8. The lowest BCUT2D eigenvalue weighted by Gasteiger charge is -2.27. The molecule has 3 nitrogen and oxygen atoms in total. The fraction of sp³-hybridized carbons (Fsp3) is 0.538. The predicted molar refractivity (Wildman–Crippen MR) is 68.6 cm³/mol. The zero-order valence-electron chi connectivity index (χ0n) is 10.5. The number of nitrogens with two attached hydrogens (primary N) is 1. The van der Waals surface area contributed by atoms with Crippen LogP contribution in [-0.4, -0.2) is 24.8 Å². The van der Waals surface area contributed by atoms with Crippen molar-refractivity contribution in [3.8, 4) is 0 Å². The van der Waals surface area contributed by atoms with E-state index in [1.165, 1.54) is 6.07 Å². The smallest absolute Gasteiger partial charge is 0.130 e. The number of halogens is 1. The van der Waals surface area contributed by atoms with Crippen LogP contribution in [0.5, 0.6) is 0 Å². The monoisotopic (exact) mass is 240 g/mol. The summed E-state index contributed by atoms with van der Waals surface area (Å²) in [7, 11) is 0. The van der Waals surface area contributed by atoms with Crippen LogP contribution in [0.15, 0.2) is 18.2 Å². The Hall–Kier alpha value is -1.13. The lowest BCUT2D eigenvalue weighted by Crippen LogP contribution is -2.29. The fourth-order valence-corrected chi connectivity index (χ4v) is 2.00. The number of nitrogens with zero attached hydrogens (tertiary/aromatic N) is 1. The summed E-state index contributed by atoms with van der Waals surface area (Å²) in [6.45, 7) is 5.15. The van der Waals surface area contributed by atoms with Crippen LogP contribution in [0, 0.1) is 5.82 Å². The maximum absolute atomic E-state index is 13.8. The number of aliphatic hydroxyl groups is 1. The second-order valence-corrected chi connectivity index (χ2v) is 4.17. The van der Waals surface area contributed by atoms with Gasteiger partial charge in [0.1, 0.15) is 5.82 Å². The van der Waals surface area contributed by atoms with Gasteiger partial charge in [0, 0.05) is 30.4 Å². The molecule has 0 radical (unpaired) electrons. The number of rotatable bonds is 6. The second-order valence-electron chi connectivity index (χ2n) is 4.17. The highest BCUT2D eigenvalue weighted by Gasteiger charge is 2.16. The molecule has 0 spiro atoms. The minimum absolute atomic E-state index is 0.0505.